The van der Waals surface area contributed by atoms with E-state index in [4.69, 9.17) is 21.9 Å². The summed E-state index contributed by atoms with van der Waals surface area (Å²) in [5.74, 6) is 1.20. The Labute approximate surface area is 117 Å². The van der Waals surface area contributed by atoms with Crippen LogP contribution < -0.4 is 5.73 Å². The molecule has 0 spiro atoms. The highest BCUT2D eigenvalue weighted by molar-refractivity contribution is 6.33. The minimum atomic E-state index is 0.171. The van der Waals surface area contributed by atoms with Crippen LogP contribution in [0.5, 0.6) is 0 Å². The molecule has 1 aromatic carbocycles. The van der Waals surface area contributed by atoms with Crippen molar-refractivity contribution in [1.29, 1.82) is 0 Å². The largest absolute Gasteiger partial charge is 0.339 e. The number of nitrogens with zero attached hydrogens (tertiary/aromatic N) is 2. The highest BCUT2D eigenvalue weighted by atomic mass is 35.5. The Bertz CT molecular complexity index is 572. The molecule has 0 bridgehead atoms. The van der Waals surface area contributed by atoms with Crippen molar-refractivity contribution in [2.75, 3.05) is 6.54 Å². The summed E-state index contributed by atoms with van der Waals surface area (Å²) in [6.45, 7) is 0.677. The lowest BCUT2D eigenvalue weighted by atomic mass is 9.67. The van der Waals surface area contributed by atoms with Crippen molar-refractivity contribution >= 4 is 11.6 Å². The van der Waals surface area contributed by atoms with Crippen molar-refractivity contribution < 1.29 is 4.52 Å². The Morgan fingerprint density at radius 2 is 2.11 bits per heavy atom. The molecule has 1 aliphatic carbocycles. The first-order chi connectivity index (χ1) is 9.22. The van der Waals surface area contributed by atoms with Crippen molar-refractivity contribution in [2.24, 2.45) is 11.1 Å². The van der Waals surface area contributed by atoms with Crippen molar-refractivity contribution in [3.05, 3.63) is 35.2 Å². The molecular weight excluding hydrogens is 262 g/mol. The van der Waals surface area contributed by atoms with Crippen LogP contribution in [0.2, 0.25) is 5.02 Å². The molecule has 0 unspecified atom stereocenters. The molecule has 0 amide bonds. The van der Waals surface area contributed by atoms with Crippen LogP contribution in [0.15, 0.2) is 28.8 Å². The van der Waals surface area contributed by atoms with Crippen LogP contribution in [-0.2, 0) is 6.42 Å². The van der Waals surface area contributed by atoms with Gasteiger partial charge in [-0.3, -0.25) is 0 Å². The van der Waals surface area contributed by atoms with E-state index in [0.717, 1.165) is 24.8 Å². The van der Waals surface area contributed by atoms with Crippen molar-refractivity contribution in [1.82, 2.24) is 10.1 Å². The van der Waals surface area contributed by atoms with Gasteiger partial charge in [-0.25, -0.2) is 0 Å². The monoisotopic (exact) mass is 277 g/mol. The standard InChI is InChI=1S/C14H16ClN3O/c15-11-5-2-1-4-10(11)13-17-12(19-18-13)8-14(9-16)6-3-7-14/h1-2,4-5H,3,6-9,16H2. The predicted molar refractivity (Wildman–Crippen MR) is 73.8 cm³/mol. The molecule has 1 saturated carbocycles. The van der Waals surface area contributed by atoms with E-state index in [0.29, 0.717) is 23.3 Å². The molecule has 0 aliphatic heterocycles. The molecule has 0 atom stereocenters. The number of halogens is 1. The maximum absolute atomic E-state index is 6.13. The zero-order valence-corrected chi connectivity index (χ0v) is 11.4. The summed E-state index contributed by atoms with van der Waals surface area (Å²) in [4.78, 5) is 4.44. The zero-order chi connectivity index (χ0) is 13.3. The second-order valence-corrected chi connectivity index (χ2v) is 5.63. The summed E-state index contributed by atoms with van der Waals surface area (Å²) in [6, 6.07) is 7.49. The van der Waals surface area contributed by atoms with Crippen molar-refractivity contribution in [3.63, 3.8) is 0 Å². The van der Waals surface area contributed by atoms with Crippen LogP contribution in [0.1, 0.15) is 25.2 Å². The first-order valence-electron chi connectivity index (χ1n) is 6.50. The summed E-state index contributed by atoms with van der Waals surface area (Å²) in [7, 11) is 0. The second-order valence-electron chi connectivity index (χ2n) is 5.23. The van der Waals surface area contributed by atoms with Crippen molar-refractivity contribution in [2.45, 2.75) is 25.7 Å². The number of rotatable bonds is 4. The second kappa shape index (κ2) is 4.94. The lowest BCUT2D eigenvalue weighted by Gasteiger charge is -2.39. The molecule has 5 heteroatoms. The first kappa shape index (κ1) is 12.6. The SMILES string of the molecule is NCC1(Cc2nc(-c3ccccc3Cl)no2)CCC1. The van der Waals surface area contributed by atoms with Gasteiger partial charge >= 0.3 is 0 Å². The van der Waals surface area contributed by atoms with E-state index in [1.165, 1.54) is 6.42 Å². The van der Waals surface area contributed by atoms with Gasteiger partial charge in [0.1, 0.15) is 0 Å². The third kappa shape index (κ3) is 2.38. The van der Waals surface area contributed by atoms with Crippen LogP contribution in [0.3, 0.4) is 0 Å². The summed E-state index contributed by atoms with van der Waals surface area (Å²) in [6.07, 6.45) is 4.30. The Hall–Kier alpha value is -1.39. The van der Waals surface area contributed by atoms with Gasteiger partial charge in [-0.05, 0) is 36.9 Å². The van der Waals surface area contributed by atoms with E-state index in [1.54, 1.807) is 0 Å². The van der Waals surface area contributed by atoms with Gasteiger partial charge in [0.25, 0.3) is 0 Å². The molecule has 0 saturated heterocycles. The molecule has 2 N–H and O–H groups in total. The number of nitrogens with two attached hydrogens (primary N) is 1. The van der Waals surface area contributed by atoms with Gasteiger partial charge in [0.05, 0.1) is 5.02 Å². The van der Waals surface area contributed by atoms with Crippen LogP contribution in [0.25, 0.3) is 11.4 Å². The highest BCUT2D eigenvalue weighted by Crippen LogP contribution is 2.42. The Balaban J connectivity index is 1.82. The average molecular weight is 278 g/mol. The van der Waals surface area contributed by atoms with E-state index in [9.17, 15) is 0 Å². The van der Waals surface area contributed by atoms with Gasteiger partial charge in [0.15, 0.2) is 0 Å². The van der Waals surface area contributed by atoms with Gasteiger partial charge in [-0.1, -0.05) is 35.3 Å². The molecule has 1 aliphatic rings. The first-order valence-corrected chi connectivity index (χ1v) is 6.88. The number of hydrogen-bond acceptors (Lipinski definition) is 4. The quantitative estimate of drug-likeness (QED) is 0.933. The van der Waals surface area contributed by atoms with E-state index in [1.807, 2.05) is 24.3 Å². The van der Waals surface area contributed by atoms with Gasteiger partial charge in [-0.2, -0.15) is 4.98 Å². The molecule has 0 radical (unpaired) electrons. The maximum Gasteiger partial charge on any atom is 0.227 e. The molecule has 3 rings (SSSR count). The fourth-order valence-corrected chi connectivity index (χ4v) is 2.75. The molecule has 100 valence electrons. The zero-order valence-electron chi connectivity index (χ0n) is 10.6. The van der Waals surface area contributed by atoms with E-state index >= 15 is 0 Å². The van der Waals surface area contributed by atoms with Gasteiger partial charge in [-0.15, -0.1) is 0 Å². The molecule has 1 heterocycles. The van der Waals surface area contributed by atoms with Crippen LogP contribution in [0, 0.1) is 5.41 Å². The lowest BCUT2D eigenvalue weighted by molar-refractivity contribution is 0.129. The predicted octanol–water partition coefficient (Wildman–Crippen LogP) is 3.06. The maximum atomic E-state index is 6.13. The molecule has 2 aromatic rings. The highest BCUT2D eigenvalue weighted by Gasteiger charge is 2.37. The van der Waals surface area contributed by atoms with Crippen LogP contribution in [0.4, 0.5) is 0 Å². The third-order valence-corrected chi connectivity index (χ3v) is 4.29. The molecular formula is C14H16ClN3O. The van der Waals surface area contributed by atoms with E-state index in [2.05, 4.69) is 10.1 Å². The summed E-state index contributed by atoms with van der Waals surface area (Å²) >= 11 is 6.13. The number of hydrogen-bond donors (Lipinski definition) is 1. The topological polar surface area (TPSA) is 64.9 Å². The third-order valence-electron chi connectivity index (χ3n) is 3.96. The molecule has 4 nitrogen and oxygen atoms in total. The van der Waals surface area contributed by atoms with Gasteiger partial charge < -0.3 is 10.3 Å². The molecule has 1 fully saturated rings. The van der Waals surface area contributed by atoms with E-state index < -0.39 is 0 Å². The smallest absolute Gasteiger partial charge is 0.227 e. The minimum Gasteiger partial charge on any atom is -0.339 e. The number of benzene rings is 1. The summed E-state index contributed by atoms with van der Waals surface area (Å²) in [5.41, 5.74) is 6.82. The Morgan fingerprint density at radius 3 is 2.74 bits per heavy atom. The van der Waals surface area contributed by atoms with Gasteiger partial charge in [0, 0.05) is 12.0 Å². The average Bonchev–Trinajstić information content (AvgIpc) is 2.83. The fraction of sp³-hybridized carbons (Fsp3) is 0.429. The summed E-state index contributed by atoms with van der Waals surface area (Å²) < 4.78 is 5.33. The number of aromatic nitrogens is 2. The molecule has 1 aromatic heterocycles. The summed E-state index contributed by atoms with van der Waals surface area (Å²) in [5, 5.41) is 4.64. The normalized spacial score (nSPS) is 17.2. The Kier molecular flexibility index (Phi) is 3.29. The lowest BCUT2D eigenvalue weighted by Crippen LogP contribution is -2.39. The van der Waals surface area contributed by atoms with E-state index in [-0.39, 0.29) is 5.41 Å². The van der Waals surface area contributed by atoms with Crippen molar-refractivity contribution in [3.8, 4) is 11.4 Å². The van der Waals surface area contributed by atoms with Crippen LogP contribution >= 0.6 is 11.6 Å². The molecule has 19 heavy (non-hydrogen) atoms. The van der Waals surface area contributed by atoms with Gasteiger partial charge in [0.2, 0.25) is 11.7 Å². The fourth-order valence-electron chi connectivity index (χ4n) is 2.53. The Morgan fingerprint density at radius 1 is 1.32 bits per heavy atom. The van der Waals surface area contributed by atoms with Crippen LogP contribution in [-0.4, -0.2) is 16.7 Å². The minimum absolute atomic E-state index is 0.171.